The lowest BCUT2D eigenvalue weighted by atomic mass is 10.1. The third-order valence-corrected chi connectivity index (χ3v) is 1.67. The first-order valence-electron chi connectivity index (χ1n) is 4.27. The van der Waals surface area contributed by atoms with Crippen molar-refractivity contribution in [2.45, 2.75) is 26.7 Å². The summed E-state index contributed by atoms with van der Waals surface area (Å²) in [7, 11) is 0. The molecule has 0 aliphatic heterocycles. The quantitative estimate of drug-likeness (QED) is 0.474. The average molecular weight is 163 g/mol. The van der Waals surface area contributed by atoms with E-state index in [1.165, 1.54) is 0 Å². The Hall–Kier alpha value is -1.11. The zero-order valence-corrected chi connectivity index (χ0v) is 7.93. The van der Waals surface area contributed by atoms with Gasteiger partial charge in [-0.25, -0.2) is 0 Å². The van der Waals surface area contributed by atoms with Crippen LogP contribution in [0.15, 0.2) is 36.5 Å². The monoisotopic (exact) mass is 163 g/mol. The van der Waals surface area contributed by atoms with Gasteiger partial charge >= 0.3 is 0 Å². The first-order valence-corrected chi connectivity index (χ1v) is 4.27. The van der Waals surface area contributed by atoms with E-state index in [1.54, 1.807) is 6.08 Å². The van der Waals surface area contributed by atoms with Crippen LogP contribution in [0.25, 0.3) is 0 Å². The summed E-state index contributed by atoms with van der Waals surface area (Å²) < 4.78 is 0. The van der Waals surface area contributed by atoms with Crippen molar-refractivity contribution >= 4 is 5.71 Å². The molecule has 1 heteroatoms. The van der Waals surface area contributed by atoms with Crippen LogP contribution in [0.3, 0.4) is 0 Å². The minimum atomic E-state index is 0.544. The second kappa shape index (κ2) is 6.59. The Morgan fingerprint density at radius 3 is 2.58 bits per heavy atom. The number of hydrogen-bond donors (Lipinski definition) is 1. The van der Waals surface area contributed by atoms with Crippen LogP contribution >= 0.6 is 0 Å². The van der Waals surface area contributed by atoms with Gasteiger partial charge in [0.15, 0.2) is 0 Å². The lowest BCUT2D eigenvalue weighted by Gasteiger charge is -2.00. The topological polar surface area (TPSA) is 23.9 Å². The number of hydrogen-bond acceptors (Lipinski definition) is 1. The number of nitrogens with one attached hydrogen (secondary N) is 1. The maximum atomic E-state index is 7.52. The molecule has 0 aliphatic rings. The maximum absolute atomic E-state index is 7.52. The smallest absolute Gasteiger partial charge is 0.0562 e. The Kier molecular flexibility index (Phi) is 5.98. The molecule has 0 atom stereocenters. The van der Waals surface area contributed by atoms with Gasteiger partial charge < -0.3 is 5.41 Å². The van der Waals surface area contributed by atoms with Crippen molar-refractivity contribution in [3.8, 4) is 0 Å². The van der Waals surface area contributed by atoms with Gasteiger partial charge in [0.2, 0.25) is 0 Å². The summed E-state index contributed by atoms with van der Waals surface area (Å²) in [6.07, 6.45) is 9.57. The number of rotatable bonds is 5. The molecule has 0 saturated heterocycles. The third-order valence-electron chi connectivity index (χ3n) is 1.67. The molecule has 0 spiro atoms. The van der Waals surface area contributed by atoms with Gasteiger partial charge in [0.05, 0.1) is 5.71 Å². The molecule has 0 aromatic rings. The van der Waals surface area contributed by atoms with Crippen LogP contribution in [-0.2, 0) is 0 Å². The Labute approximate surface area is 75.0 Å². The van der Waals surface area contributed by atoms with Crippen molar-refractivity contribution in [2.24, 2.45) is 0 Å². The standard InChI is InChI=1S/C11H17N/c1-4-7-8-9-10(5-2)11(12)6-3/h4,6-7,9,12H,3,5,8H2,1-2H3/b7-4?,10-9+,12-11?. The Bertz CT molecular complexity index is 209. The summed E-state index contributed by atoms with van der Waals surface area (Å²) in [5.41, 5.74) is 1.62. The molecule has 1 nitrogen and oxygen atoms in total. The molecule has 12 heavy (non-hydrogen) atoms. The molecule has 0 saturated carbocycles. The second-order valence-electron chi connectivity index (χ2n) is 2.51. The van der Waals surface area contributed by atoms with E-state index >= 15 is 0 Å². The molecule has 0 unspecified atom stereocenters. The van der Waals surface area contributed by atoms with Crippen LogP contribution in [0.1, 0.15) is 26.7 Å². The third kappa shape index (κ3) is 3.91. The summed E-state index contributed by atoms with van der Waals surface area (Å²) in [6, 6.07) is 0. The highest BCUT2D eigenvalue weighted by Crippen LogP contribution is 2.05. The zero-order valence-electron chi connectivity index (χ0n) is 7.93. The fourth-order valence-corrected chi connectivity index (χ4v) is 0.922. The van der Waals surface area contributed by atoms with E-state index in [-0.39, 0.29) is 0 Å². The normalized spacial score (nSPS) is 12.0. The molecule has 0 amide bonds. The first kappa shape index (κ1) is 10.9. The van der Waals surface area contributed by atoms with E-state index in [0.717, 1.165) is 18.4 Å². The van der Waals surface area contributed by atoms with Gasteiger partial charge in [-0.3, -0.25) is 0 Å². The average Bonchev–Trinajstić information content (AvgIpc) is 2.11. The van der Waals surface area contributed by atoms with Gasteiger partial charge in [0.1, 0.15) is 0 Å². The molecule has 0 aromatic heterocycles. The molecule has 66 valence electrons. The van der Waals surface area contributed by atoms with E-state index in [2.05, 4.69) is 25.7 Å². The molecule has 0 rings (SSSR count). The Morgan fingerprint density at radius 2 is 2.17 bits per heavy atom. The lowest BCUT2D eigenvalue weighted by molar-refractivity contribution is 1.14. The summed E-state index contributed by atoms with van der Waals surface area (Å²) in [4.78, 5) is 0. The Morgan fingerprint density at radius 1 is 1.50 bits per heavy atom. The molecular weight excluding hydrogens is 146 g/mol. The highest BCUT2D eigenvalue weighted by molar-refractivity contribution is 6.05. The summed E-state index contributed by atoms with van der Waals surface area (Å²) in [5, 5.41) is 7.52. The van der Waals surface area contributed by atoms with Gasteiger partial charge in [-0.2, -0.15) is 0 Å². The lowest BCUT2D eigenvalue weighted by Crippen LogP contribution is -1.94. The van der Waals surface area contributed by atoms with Crippen molar-refractivity contribution in [1.29, 1.82) is 5.41 Å². The van der Waals surface area contributed by atoms with Crippen LogP contribution in [0, 0.1) is 5.41 Å². The molecular formula is C11H17N. The van der Waals surface area contributed by atoms with Gasteiger partial charge in [0.25, 0.3) is 0 Å². The van der Waals surface area contributed by atoms with Gasteiger partial charge in [-0.15, -0.1) is 0 Å². The van der Waals surface area contributed by atoms with Crippen LogP contribution in [0.2, 0.25) is 0 Å². The highest BCUT2D eigenvalue weighted by Gasteiger charge is 1.95. The van der Waals surface area contributed by atoms with Gasteiger partial charge in [-0.1, -0.05) is 31.7 Å². The summed E-state index contributed by atoms with van der Waals surface area (Å²) in [5.74, 6) is 0. The molecule has 0 aliphatic carbocycles. The predicted molar refractivity (Wildman–Crippen MR) is 55.7 cm³/mol. The second-order valence-corrected chi connectivity index (χ2v) is 2.51. The van der Waals surface area contributed by atoms with Gasteiger partial charge in [0, 0.05) is 0 Å². The van der Waals surface area contributed by atoms with Crippen molar-refractivity contribution in [1.82, 2.24) is 0 Å². The molecule has 0 radical (unpaired) electrons. The summed E-state index contributed by atoms with van der Waals surface area (Å²) >= 11 is 0. The molecule has 0 heterocycles. The van der Waals surface area contributed by atoms with Crippen molar-refractivity contribution < 1.29 is 0 Å². The van der Waals surface area contributed by atoms with E-state index < -0.39 is 0 Å². The maximum Gasteiger partial charge on any atom is 0.0562 e. The van der Waals surface area contributed by atoms with Crippen LogP contribution < -0.4 is 0 Å². The van der Waals surface area contributed by atoms with Crippen LogP contribution in [-0.4, -0.2) is 5.71 Å². The van der Waals surface area contributed by atoms with E-state index in [4.69, 9.17) is 5.41 Å². The largest absolute Gasteiger partial charge is 0.301 e. The molecule has 1 N–H and O–H groups in total. The van der Waals surface area contributed by atoms with Gasteiger partial charge in [-0.05, 0) is 31.4 Å². The highest BCUT2D eigenvalue weighted by atomic mass is 14.4. The zero-order chi connectivity index (χ0) is 9.40. The summed E-state index contributed by atoms with van der Waals surface area (Å²) in [6.45, 7) is 7.63. The molecule has 0 bridgehead atoms. The minimum Gasteiger partial charge on any atom is -0.301 e. The SMILES string of the molecule is C=CC(=N)/C(=C/CC=CC)CC. The van der Waals surface area contributed by atoms with Crippen molar-refractivity contribution in [2.75, 3.05) is 0 Å². The van der Waals surface area contributed by atoms with E-state index in [0.29, 0.717) is 5.71 Å². The predicted octanol–water partition coefficient (Wildman–Crippen LogP) is 3.49. The fraction of sp³-hybridized carbons (Fsp3) is 0.364. The first-order chi connectivity index (χ1) is 5.76. The Balaban J connectivity index is 4.22. The van der Waals surface area contributed by atoms with E-state index in [1.807, 2.05) is 13.0 Å². The number of allylic oxidation sites excluding steroid dienone is 5. The van der Waals surface area contributed by atoms with Crippen molar-refractivity contribution in [3.63, 3.8) is 0 Å². The van der Waals surface area contributed by atoms with E-state index in [9.17, 15) is 0 Å². The molecule has 0 fully saturated rings. The van der Waals surface area contributed by atoms with Crippen LogP contribution in [0.5, 0.6) is 0 Å². The molecule has 0 aromatic carbocycles. The van der Waals surface area contributed by atoms with Crippen LogP contribution in [0.4, 0.5) is 0 Å². The minimum absolute atomic E-state index is 0.544. The van der Waals surface area contributed by atoms with Crippen molar-refractivity contribution in [3.05, 3.63) is 36.5 Å². The fourth-order valence-electron chi connectivity index (χ4n) is 0.922.